The second-order valence-corrected chi connectivity index (χ2v) is 13.4. The van der Waals surface area contributed by atoms with Gasteiger partial charge in [0.25, 0.3) is 0 Å². The highest BCUT2D eigenvalue weighted by atomic mass is 28.4. The summed E-state index contributed by atoms with van der Waals surface area (Å²) in [6.07, 6.45) is 5.99. The van der Waals surface area contributed by atoms with Crippen LogP contribution in [0.5, 0.6) is 0 Å². The fourth-order valence-corrected chi connectivity index (χ4v) is 3.13. The molecule has 0 saturated heterocycles. The molecule has 0 aromatic heterocycles. The summed E-state index contributed by atoms with van der Waals surface area (Å²) < 4.78 is 11.8. The zero-order valence-electron chi connectivity index (χ0n) is 16.5. The third kappa shape index (κ3) is 8.52. The number of carbonyl (C=O) groups excluding carboxylic acids is 1. The van der Waals surface area contributed by atoms with Crippen LogP contribution in [0.25, 0.3) is 0 Å². The van der Waals surface area contributed by atoms with Crippen molar-refractivity contribution in [3.8, 4) is 0 Å². The van der Waals surface area contributed by atoms with Crippen LogP contribution in [0.4, 0.5) is 0 Å². The van der Waals surface area contributed by atoms with Gasteiger partial charge in [-0.15, -0.1) is 6.58 Å². The summed E-state index contributed by atoms with van der Waals surface area (Å²) in [4.78, 5) is 11.8. The normalized spacial score (nSPS) is 16.2. The van der Waals surface area contributed by atoms with E-state index in [1.807, 2.05) is 32.9 Å². The largest absolute Gasteiger partial charge is 0.457 e. The van der Waals surface area contributed by atoms with Gasteiger partial charge < -0.3 is 9.16 Å². The van der Waals surface area contributed by atoms with E-state index in [1.165, 1.54) is 6.08 Å². The number of rotatable bonds is 7. The molecule has 2 atom stereocenters. The van der Waals surface area contributed by atoms with Crippen molar-refractivity contribution >= 4 is 14.3 Å². The molecule has 0 heterocycles. The summed E-state index contributed by atoms with van der Waals surface area (Å²) in [6, 6.07) is 0. The number of esters is 1. The molecule has 0 aromatic carbocycles. The Hall–Kier alpha value is -0.873. The summed E-state index contributed by atoms with van der Waals surface area (Å²) in [5.41, 5.74) is -0.465. The molecule has 0 amide bonds. The van der Waals surface area contributed by atoms with E-state index in [9.17, 15) is 4.79 Å². The van der Waals surface area contributed by atoms with Gasteiger partial charge in [0.15, 0.2) is 8.32 Å². The van der Waals surface area contributed by atoms with Gasteiger partial charge in [-0.2, -0.15) is 0 Å². The number of ether oxygens (including phenoxy) is 1. The molecule has 0 aromatic rings. The molecule has 0 saturated carbocycles. The first-order valence-corrected chi connectivity index (χ1v) is 11.3. The lowest BCUT2D eigenvalue weighted by Crippen LogP contribution is -2.45. The smallest absolute Gasteiger partial charge is 0.330 e. The van der Waals surface area contributed by atoms with Crippen molar-refractivity contribution in [3.63, 3.8) is 0 Å². The minimum absolute atomic E-state index is 0.0343. The van der Waals surface area contributed by atoms with Crippen LogP contribution in [-0.2, 0) is 14.0 Å². The van der Waals surface area contributed by atoms with Crippen molar-refractivity contribution in [2.24, 2.45) is 5.92 Å². The maximum Gasteiger partial charge on any atom is 0.330 e. The van der Waals surface area contributed by atoms with Gasteiger partial charge in [0.2, 0.25) is 0 Å². The molecule has 0 bridgehead atoms. The Morgan fingerprint density at radius 1 is 1.17 bits per heavy atom. The third-order valence-corrected chi connectivity index (χ3v) is 8.74. The van der Waals surface area contributed by atoms with E-state index < -0.39 is 13.9 Å². The quantitative estimate of drug-likeness (QED) is 0.266. The molecule has 134 valence electrons. The average Bonchev–Trinajstić information content (AvgIpc) is 2.32. The highest BCUT2D eigenvalue weighted by Gasteiger charge is 2.39. The SMILES string of the molecule is C=C[C@@H](C)[C@H](C/C=C/C(=O)OC(C)(C)C)O[Si](C)(C)C(C)(C)C. The number of carbonyl (C=O) groups is 1. The Morgan fingerprint density at radius 2 is 1.70 bits per heavy atom. The zero-order chi connectivity index (χ0) is 18.5. The topological polar surface area (TPSA) is 35.5 Å². The van der Waals surface area contributed by atoms with E-state index in [0.29, 0.717) is 6.42 Å². The summed E-state index contributed by atoms with van der Waals surface area (Å²) in [5, 5.41) is 0.154. The van der Waals surface area contributed by atoms with Crippen LogP contribution in [0, 0.1) is 5.92 Å². The molecule has 0 fully saturated rings. The van der Waals surface area contributed by atoms with E-state index in [0.717, 1.165) is 0 Å². The van der Waals surface area contributed by atoms with Gasteiger partial charge in [-0.1, -0.05) is 39.8 Å². The van der Waals surface area contributed by atoms with Crippen LogP contribution in [-0.4, -0.2) is 26.0 Å². The minimum atomic E-state index is -1.86. The van der Waals surface area contributed by atoms with Crippen LogP contribution in [0.2, 0.25) is 18.1 Å². The summed E-state index contributed by atoms with van der Waals surface area (Å²) in [6.45, 7) is 22.7. The fourth-order valence-electron chi connectivity index (χ4n) is 1.71. The van der Waals surface area contributed by atoms with Crippen molar-refractivity contribution in [1.82, 2.24) is 0 Å². The maximum atomic E-state index is 11.8. The van der Waals surface area contributed by atoms with Gasteiger partial charge >= 0.3 is 5.97 Å². The molecule has 0 aliphatic heterocycles. The van der Waals surface area contributed by atoms with E-state index in [2.05, 4.69) is 47.4 Å². The minimum Gasteiger partial charge on any atom is -0.457 e. The van der Waals surface area contributed by atoms with Crippen LogP contribution in [0.1, 0.15) is 54.9 Å². The van der Waals surface area contributed by atoms with Gasteiger partial charge in [0.1, 0.15) is 5.60 Å². The van der Waals surface area contributed by atoms with Crippen molar-refractivity contribution in [2.75, 3.05) is 0 Å². The second kappa shape index (κ2) is 8.29. The Labute approximate surface area is 144 Å². The molecule has 0 rings (SSSR count). The molecular formula is C19H36O3Si. The second-order valence-electron chi connectivity index (χ2n) is 8.68. The van der Waals surface area contributed by atoms with E-state index in [4.69, 9.17) is 9.16 Å². The zero-order valence-corrected chi connectivity index (χ0v) is 17.5. The number of hydrogen-bond acceptors (Lipinski definition) is 3. The van der Waals surface area contributed by atoms with E-state index in [-0.39, 0.29) is 23.0 Å². The lowest BCUT2D eigenvalue weighted by molar-refractivity contribution is -0.148. The Balaban J connectivity index is 4.90. The summed E-state index contributed by atoms with van der Waals surface area (Å²) in [5.74, 6) is -0.0813. The molecule has 0 radical (unpaired) electrons. The molecule has 4 heteroatoms. The Kier molecular flexibility index (Phi) is 7.98. The monoisotopic (exact) mass is 340 g/mol. The van der Waals surface area contributed by atoms with Gasteiger partial charge in [0.05, 0.1) is 6.10 Å². The standard InChI is InChI=1S/C19H36O3Si/c1-11-15(2)16(22-23(9,10)19(6,7)8)13-12-14-17(20)21-18(3,4)5/h11-12,14-16H,1,13H2,2-10H3/b14-12+/t15-,16+/m1/s1. The molecule has 0 unspecified atom stereocenters. The first-order valence-electron chi connectivity index (χ1n) is 8.39. The lowest BCUT2D eigenvalue weighted by atomic mass is 10.0. The fraction of sp³-hybridized carbons (Fsp3) is 0.737. The first-order chi connectivity index (χ1) is 10.2. The lowest BCUT2D eigenvalue weighted by Gasteiger charge is -2.40. The van der Waals surface area contributed by atoms with E-state index >= 15 is 0 Å². The van der Waals surface area contributed by atoms with Crippen molar-refractivity contribution < 1.29 is 14.0 Å². The Morgan fingerprint density at radius 3 is 2.09 bits per heavy atom. The van der Waals surface area contributed by atoms with Gasteiger partial charge in [-0.25, -0.2) is 4.79 Å². The van der Waals surface area contributed by atoms with E-state index in [1.54, 1.807) is 0 Å². The van der Waals surface area contributed by atoms with Crippen molar-refractivity contribution in [1.29, 1.82) is 0 Å². The highest BCUT2D eigenvalue weighted by molar-refractivity contribution is 6.74. The van der Waals surface area contributed by atoms with Gasteiger partial charge in [0, 0.05) is 6.08 Å². The molecule has 0 aliphatic carbocycles. The molecule has 0 aliphatic rings. The average molecular weight is 341 g/mol. The molecule has 23 heavy (non-hydrogen) atoms. The van der Waals surface area contributed by atoms with Crippen LogP contribution < -0.4 is 0 Å². The van der Waals surface area contributed by atoms with Crippen LogP contribution in [0.15, 0.2) is 24.8 Å². The predicted octanol–water partition coefficient (Wildman–Crippen LogP) is 5.49. The molecule has 0 N–H and O–H groups in total. The first kappa shape index (κ1) is 22.1. The summed E-state index contributed by atoms with van der Waals surface area (Å²) in [7, 11) is -1.86. The van der Waals surface area contributed by atoms with Crippen molar-refractivity contribution in [3.05, 3.63) is 24.8 Å². The van der Waals surface area contributed by atoms with Gasteiger partial charge in [-0.3, -0.25) is 0 Å². The molecule has 3 nitrogen and oxygen atoms in total. The highest BCUT2D eigenvalue weighted by Crippen LogP contribution is 2.38. The predicted molar refractivity (Wildman–Crippen MR) is 101 cm³/mol. The summed E-state index contributed by atoms with van der Waals surface area (Å²) >= 11 is 0. The third-order valence-electron chi connectivity index (χ3n) is 4.24. The molecular weight excluding hydrogens is 304 g/mol. The Bertz CT molecular complexity index is 425. The van der Waals surface area contributed by atoms with Crippen LogP contribution >= 0.6 is 0 Å². The maximum absolute atomic E-state index is 11.8. The molecule has 0 spiro atoms. The van der Waals surface area contributed by atoms with Crippen molar-refractivity contribution in [2.45, 2.75) is 84.7 Å². The number of hydrogen-bond donors (Lipinski definition) is 0. The van der Waals surface area contributed by atoms with Crippen LogP contribution in [0.3, 0.4) is 0 Å². The van der Waals surface area contributed by atoms with Gasteiger partial charge in [-0.05, 0) is 51.2 Å².